The van der Waals surface area contributed by atoms with Crippen molar-refractivity contribution in [2.24, 2.45) is 0 Å². The summed E-state index contributed by atoms with van der Waals surface area (Å²) < 4.78 is 1.67. The third kappa shape index (κ3) is 1.42. The summed E-state index contributed by atoms with van der Waals surface area (Å²) in [5.41, 5.74) is 7.07. The molecule has 72 valence electrons. The van der Waals surface area contributed by atoms with E-state index < -0.39 is 0 Å². The normalized spacial score (nSPS) is 18.9. The van der Waals surface area contributed by atoms with Gasteiger partial charge < -0.3 is 10.8 Å². The first-order valence-electron chi connectivity index (χ1n) is 4.60. The summed E-state index contributed by atoms with van der Waals surface area (Å²) in [6.07, 6.45) is 2.39. The van der Waals surface area contributed by atoms with Crippen LogP contribution in [0.3, 0.4) is 0 Å². The molecule has 4 heteroatoms. The number of hydrogen-bond donors (Lipinski definition) is 2. The molecule has 2 rings (SSSR count). The van der Waals surface area contributed by atoms with E-state index in [9.17, 15) is 0 Å². The summed E-state index contributed by atoms with van der Waals surface area (Å²) in [7, 11) is 0. The van der Waals surface area contributed by atoms with Crippen molar-refractivity contribution in [3.05, 3.63) is 11.8 Å². The van der Waals surface area contributed by atoms with E-state index in [2.05, 4.69) is 12.0 Å². The SMILES string of the molecule is CC1(c2cc(N)n(CCO)n2)CC1. The topological polar surface area (TPSA) is 64.1 Å². The molecule has 1 saturated carbocycles. The monoisotopic (exact) mass is 181 g/mol. The van der Waals surface area contributed by atoms with Crippen LogP contribution in [0.2, 0.25) is 0 Å². The number of nitrogen functional groups attached to an aromatic ring is 1. The van der Waals surface area contributed by atoms with Crippen molar-refractivity contribution in [1.82, 2.24) is 9.78 Å². The molecule has 0 radical (unpaired) electrons. The minimum atomic E-state index is 0.0854. The van der Waals surface area contributed by atoms with Gasteiger partial charge in [-0.2, -0.15) is 5.10 Å². The number of anilines is 1. The van der Waals surface area contributed by atoms with Gasteiger partial charge in [0.05, 0.1) is 18.8 Å². The molecule has 3 N–H and O–H groups in total. The van der Waals surface area contributed by atoms with Gasteiger partial charge in [0.2, 0.25) is 0 Å². The van der Waals surface area contributed by atoms with Gasteiger partial charge in [0.25, 0.3) is 0 Å². The van der Waals surface area contributed by atoms with E-state index in [4.69, 9.17) is 10.8 Å². The predicted molar refractivity (Wildman–Crippen MR) is 50.3 cm³/mol. The smallest absolute Gasteiger partial charge is 0.122 e. The number of rotatable bonds is 3. The maximum atomic E-state index is 8.76. The third-order valence-corrected chi connectivity index (χ3v) is 2.74. The first-order chi connectivity index (χ1) is 6.15. The number of hydrogen-bond acceptors (Lipinski definition) is 3. The molecule has 0 saturated heterocycles. The maximum absolute atomic E-state index is 8.76. The summed E-state index contributed by atoms with van der Waals surface area (Å²) in [4.78, 5) is 0. The lowest BCUT2D eigenvalue weighted by molar-refractivity contribution is 0.270. The second-order valence-electron chi connectivity index (χ2n) is 3.96. The van der Waals surface area contributed by atoms with E-state index in [-0.39, 0.29) is 12.0 Å². The first-order valence-corrected chi connectivity index (χ1v) is 4.60. The lowest BCUT2D eigenvalue weighted by Gasteiger charge is -2.02. The molecule has 0 amide bonds. The number of aliphatic hydroxyl groups is 1. The zero-order valence-corrected chi connectivity index (χ0v) is 7.82. The van der Waals surface area contributed by atoms with Gasteiger partial charge in [0.1, 0.15) is 5.82 Å². The molecule has 0 aromatic carbocycles. The van der Waals surface area contributed by atoms with Crippen molar-refractivity contribution < 1.29 is 5.11 Å². The third-order valence-electron chi connectivity index (χ3n) is 2.74. The first kappa shape index (κ1) is 8.56. The molecule has 0 atom stereocenters. The molecule has 4 nitrogen and oxygen atoms in total. The quantitative estimate of drug-likeness (QED) is 0.714. The van der Waals surface area contributed by atoms with E-state index in [0.29, 0.717) is 12.4 Å². The zero-order chi connectivity index (χ0) is 9.47. The van der Waals surface area contributed by atoms with E-state index in [1.54, 1.807) is 4.68 Å². The van der Waals surface area contributed by atoms with Crippen LogP contribution in [0.25, 0.3) is 0 Å². The average Bonchev–Trinajstić information content (AvgIpc) is 2.72. The fourth-order valence-corrected chi connectivity index (χ4v) is 1.44. The largest absolute Gasteiger partial charge is 0.394 e. The van der Waals surface area contributed by atoms with Gasteiger partial charge in [-0.3, -0.25) is 0 Å². The van der Waals surface area contributed by atoms with Gasteiger partial charge >= 0.3 is 0 Å². The van der Waals surface area contributed by atoms with Crippen LogP contribution in [0.4, 0.5) is 5.82 Å². The highest BCUT2D eigenvalue weighted by Gasteiger charge is 2.41. The van der Waals surface area contributed by atoms with Gasteiger partial charge in [-0.15, -0.1) is 0 Å². The zero-order valence-electron chi connectivity index (χ0n) is 7.82. The molecule has 13 heavy (non-hydrogen) atoms. The van der Waals surface area contributed by atoms with Crippen molar-refractivity contribution in [3.8, 4) is 0 Å². The fraction of sp³-hybridized carbons (Fsp3) is 0.667. The molecular weight excluding hydrogens is 166 g/mol. The Bertz CT molecular complexity index is 315. The average molecular weight is 181 g/mol. The number of aliphatic hydroxyl groups excluding tert-OH is 1. The van der Waals surface area contributed by atoms with Gasteiger partial charge in [0.15, 0.2) is 0 Å². The fourth-order valence-electron chi connectivity index (χ4n) is 1.44. The molecule has 1 heterocycles. The molecule has 0 unspecified atom stereocenters. The minimum Gasteiger partial charge on any atom is -0.394 e. The Labute approximate surface area is 77.4 Å². The Morgan fingerprint density at radius 2 is 2.38 bits per heavy atom. The van der Waals surface area contributed by atoms with Crippen molar-refractivity contribution in [3.63, 3.8) is 0 Å². The number of nitrogens with zero attached hydrogens (tertiary/aromatic N) is 2. The summed E-state index contributed by atoms with van der Waals surface area (Å²) in [6, 6.07) is 1.92. The van der Waals surface area contributed by atoms with Crippen molar-refractivity contribution >= 4 is 5.82 Å². The van der Waals surface area contributed by atoms with E-state index >= 15 is 0 Å². The molecule has 1 aliphatic carbocycles. The van der Waals surface area contributed by atoms with Gasteiger partial charge in [-0.1, -0.05) is 6.92 Å². The summed E-state index contributed by atoms with van der Waals surface area (Å²) in [5, 5.41) is 13.1. The maximum Gasteiger partial charge on any atom is 0.122 e. The molecule has 0 bridgehead atoms. The summed E-state index contributed by atoms with van der Waals surface area (Å²) in [6.45, 7) is 2.77. The lowest BCUT2D eigenvalue weighted by atomic mass is 10.1. The van der Waals surface area contributed by atoms with Crippen molar-refractivity contribution in [2.45, 2.75) is 31.7 Å². The van der Waals surface area contributed by atoms with Crippen LogP contribution in [0.15, 0.2) is 6.07 Å². The van der Waals surface area contributed by atoms with Gasteiger partial charge in [-0.05, 0) is 12.8 Å². The molecule has 0 spiro atoms. The highest BCUT2D eigenvalue weighted by molar-refractivity contribution is 5.36. The van der Waals surface area contributed by atoms with Crippen LogP contribution in [-0.2, 0) is 12.0 Å². The van der Waals surface area contributed by atoms with Gasteiger partial charge in [-0.25, -0.2) is 4.68 Å². The van der Waals surface area contributed by atoms with Crippen LogP contribution in [0, 0.1) is 0 Å². The van der Waals surface area contributed by atoms with Crippen LogP contribution >= 0.6 is 0 Å². The van der Waals surface area contributed by atoms with Crippen LogP contribution in [0.5, 0.6) is 0 Å². The Kier molecular flexibility index (Phi) is 1.80. The van der Waals surface area contributed by atoms with Gasteiger partial charge in [0, 0.05) is 11.5 Å². The van der Waals surface area contributed by atoms with E-state index in [1.807, 2.05) is 6.07 Å². The second kappa shape index (κ2) is 2.73. The highest BCUT2D eigenvalue weighted by atomic mass is 16.3. The number of aromatic nitrogens is 2. The van der Waals surface area contributed by atoms with Crippen LogP contribution in [-0.4, -0.2) is 21.5 Å². The summed E-state index contributed by atoms with van der Waals surface area (Å²) >= 11 is 0. The van der Waals surface area contributed by atoms with E-state index in [0.717, 1.165) is 5.69 Å². The molecule has 0 aliphatic heterocycles. The Morgan fingerprint density at radius 1 is 1.69 bits per heavy atom. The molecule has 1 aliphatic rings. The molecular formula is C9H15N3O. The van der Waals surface area contributed by atoms with Crippen LogP contribution in [0.1, 0.15) is 25.5 Å². The predicted octanol–water partition coefficient (Wildman–Crippen LogP) is 0.509. The molecule has 1 fully saturated rings. The molecule has 1 aromatic rings. The number of nitrogens with two attached hydrogens (primary N) is 1. The molecule has 1 aromatic heterocycles. The second-order valence-corrected chi connectivity index (χ2v) is 3.96. The lowest BCUT2D eigenvalue weighted by Crippen LogP contribution is -2.09. The van der Waals surface area contributed by atoms with Crippen molar-refractivity contribution in [1.29, 1.82) is 0 Å². The highest BCUT2D eigenvalue weighted by Crippen LogP contribution is 2.47. The standard InChI is InChI=1S/C9H15N3O/c1-9(2-3-9)7-6-8(10)12(11-7)4-5-13/h6,13H,2-5,10H2,1H3. The summed E-state index contributed by atoms with van der Waals surface area (Å²) in [5.74, 6) is 0.650. The minimum absolute atomic E-state index is 0.0854. The van der Waals surface area contributed by atoms with Crippen LogP contribution < -0.4 is 5.73 Å². The Hall–Kier alpha value is -1.03. The Balaban J connectivity index is 2.24. The van der Waals surface area contributed by atoms with E-state index in [1.165, 1.54) is 12.8 Å². The van der Waals surface area contributed by atoms with Crippen molar-refractivity contribution in [2.75, 3.05) is 12.3 Å². The Morgan fingerprint density at radius 3 is 2.92 bits per heavy atom.